The molecule has 2 unspecified atom stereocenters. The molecular weight excluding hydrogens is 286 g/mol. The van der Waals surface area contributed by atoms with Crippen LogP contribution in [0.5, 0.6) is 0 Å². The lowest BCUT2D eigenvalue weighted by molar-refractivity contribution is -0.131. The van der Waals surface area contributed by atoms with Crippen molar-refractivity contribution in [3.05, 3.63) is 28.0 Å². The Kier molecular flexibility index (Phi) is 5.56. The SMILES string of the molecule is CCC1CCCCC1NC(=O)c1ccc(C=CC(=O)O)s1. The van der Waals surface area contributed by atoms with Gasteiger partial charge in [-0.2, -0.15) is 0 Å². The van der Waals surface area contributed by atoms with Crippen LogP contribution in [0.2, 0.25) is 0 Å². The van der Waals surface area contributed by atoms with Gasteiger partial charge in [0.05, 0.1) is 4.88 Å². The molecule has 1 heterocycles. The standard InChI is InChI=1S/C16H21NO3S/c1-2-11-5-3-4-6-13(11)17-16(20)14-9-7-12(21-14)8-10-15(18)19/h7-11,13H,2-6H2,1H3,(H,17,20)(H,18,19). The lowest BCUT2D eigenvalue weighted by atomic mass is 9.83. The zero-order chi connectivity index (χ0) is 15.2. The van der Waals surface area contributed by atoms with E-state index < -0.39 is 5.97 Å². The third kappa shape index (κ3) is 4.43. The van der Waals surface area contributed by atoms with Crippen molar-refractivity contribution < 1.29 is 14.7 Å². The highest BCUT2D eigenvalue weighted by atomic mass is 32.1. The van der Waals surface area contributed by atoms with Gasteiger partial charge in [-0.3, -0.25) is 4.79 Å². The highest BCUT2D eigenvalue weighted by Gasteiger charge is 2.25. The van der Waals surface area contributed by atoms with Gasteiger partial charge in [0, 0.05) is 17.0 Å². The maximum Gasteiger partial charge on any atom is 0.328 e. The largest absolute Gasteiger partial charge is 0.478 e. The van der Waals surface area contributed by atoms with Crippen LogP contribution in [0.1, 0.15) is 53.6 Å². The van der Waals surface area contributed by atoms with E-state index in [4.69, 9.17) is 5.11 Å². The molecule has 2 atom stereocenters. The van der Waals surface area contributed by atoms with E-state index in [1.54, 1.807) is 12.1 Å². The zero-order valence-electron chi connectivity index (χ0n) is 12.2. The number of carboxylic acids is 1. The van der Waals surface area contributed by atoms with Crippen molar-refractivity contribution in [3.8, 4) is 0 Å². The summed E-state index contributed by atoms with van der Waals surface area (Å²) in [6.07, 6.45) is 8.38. The van der Waals surface area contributed by atoms with Crippen LogP contribution in [0.4, 0.5) is 0 Å². The summed E-state index contributed by atoms with van der Waals surface area (Å²) in [5, 5.41) is 11.7. The number of carbonyl (C=O) groups is 2. The Morgan fingerprint density at radius 3 is 2.86 bits per heavy atom. The summed E-state index contributed by atoms with van der Waals surface area (Å²) in [7, 11) is 0. The minimum absolute atomic E-state index is 0.0414. The fourth-order valence-electron chi connectivity index (χ4n) is 2.84. The molecule has 5 heteroatoms. The van der Waals surface area contributed by atoms with Gasteiger partial charge in [0.15, 0.2) is 0 Å². The van der Waals surface area contributed by atoms with Crippen molar-refractivity contribution in [2.24, 2.45) is 5.92 Å². The molecule has 1 amide bonds. The van der Waals surface area contributed by atoms with Gasteiger partial charge in [0.25, 0.3) is 5.91 Å². The van der Waals surface area contributed by atoms with Crippen molar-refractivity contribution in [3.63, 3.8) is 0 Å². The lowest BCUT2D eigenvalue weighted by Crippen LogP contribution is -2.41. The first-order valence-corrected chi connectivity index (χ1v) is 8.23. The number of aliphatic carboxylic acids is 1. The minimum Gasteiger partial charge on any atom is -0.478 e. The normalized spacial score (nSPS) is 22.3. The van der Waals surface area contributed by atoms with E-state index >= 15 is 0 Å². The van der Waals surface area contributed by atoms with Gasteiger partial charge >= 0.3 is 5.97 Å². The first kappa shape index (κ1) is 15.8. The molecule has 21 heavy (non-hydrogen) atoms. The topological polar surface area (TPSA) is 66.4 Å². The predicted octanol–water partition coefficient (Wildman–Crippen LogP) is 3.54. The number of carboxylic acid groups (broad SMARTS) is 1. The number of carbonyl (C=O) groups excluding carboxylic acids is 1. The summed E-state index contributed by atoms with van der Waals surface area (Å²) in [5.41, 5.74) is 0. The molecule has 2 N–H and O–H groups in total. The van der Waals surface area contributed by atoms with Crippen LogP contribution in [0.25, 0.3) is 6.08 Å². The Morgan fingerprint density at radius 2 is 2.14 bits per heavy atom. The molecule has 4 nitrogen and oxygen atoms in total. The Bertz CT molecular complexity index is 535. The first-order chi connectivity index (χ1) is 10.1. The van der Waals surface area contributed by atoms with E-state index in [9.17, 15) is 9.59 Å². The highest BCUT2D eigenvalue weighted by Crippen LogP contribution is 2.27. The van der Waals surface area contributed by atoms with E-state index in [1.165, 1.54) is 36.7 Å². The Balaban J connectivity index is 1.98. The predicted molar refractivity (Wildman–Crippen MR) is 84.5 cm³/mol. The smallest absolute Gasteiger partial charge is 0.328 e. The fourth-order valence-corrected chi connectivity index (χ4v) is 3.66. The van der Waals surface area contributed by atoms with Crippen LogP contribution in [0.15, 0.2) is 18.2 Å². The second-order valence-electron chi connectivity index (χ2n) is 5.41. The highest BCUT2D eigenvalue weighted by molar-refractivity contribution is 7.14. The quantitative estimate of drug-likeness (QED) is 0.818. The number of thiophene rings is 1. The molecule has 1 fully saturated rings. The second-order valence-corrected chi connectivity index (χ2v) is 6.52. The summed E-state index contributed by atoms with van der Waals surface area (Å²) < 4.78 is 0. The van der Waals surface area contributed by atoms with Gasteiger partial charge in [-0.1, -0.05) is 26.2 Å². The summed E-state index contributed by atoms with van der Waals surface area (Å²) in [6.45, 7) is 2.18. The molecule has 0 spiro atoms. The van der Waals surface area contributed by atoms with E-state index in [0.717, 1.165) is 23.8 Å². The van der Waals surface area contributed by atoms with Crippen LogP contribution in [0.3, 0.4) is 0 Å². The molecular formula is C16H21NO3S. The average molecular weight is 307 g/mol. The molecule has 0 bridgehead atoms. The van der Waals surface area contributed by atoms with Gasteiger partial charge in [-0.25, -0.2) is 4.79 Å². The summed E-state index contributed by atoms with van der Waals surface area (Å²) >= 11 is 1.32. The van der Waals surface area contributed by atoms with E-state index in [0.29, 0.717) is 10.8 Å². The van der Waals surface area contributed by atoms with E-state index in [2.05, 4.69) is 12.2 Å². The van der Waals surface area contributed by atoms with E-state index in [1.807, 2.05) is 0 Å². The zero-order valence-corrected chi connectivity index (χ0v) is 13.0. The third-order valence-electron chi connectivity index (χ3n) is 3.99. The van der Waals surface area contributed by atoms with E-state index in [-0.39, 0.29) is 11.9 Å². The molecule has 1 aliphatic carbocycles. The van der Waals surface area contributed by atoms with Gasteiger partial charge in [0.1, 0.15) is 0 Å². The lowest BCUT2D eigenvalue weighted by Gasteiger charge is -2.31. The molecule has 114 valence electrons. The van der Waals surface area contributed by atoms with Crippen LogP contribution >= 0.6 is 11.3 Å². The molecule has 0 aliphatic heterocycles. The maximum atomic E-state index is 12.3. The van der Waals surface area contributed by atoms with Crippen molar-refractivity contribution in [1.82, 2.24) is 5.32 Å². The van der Waals surface area contributed by atoms with Crippen LogP contribution in [0, 0.1) is 5.92 Å². The number of amides is 1. The number of hydrogen-bond donors (Lipinski definition) is 2. The van der Waals surface area contributed by atoms with Crippen LogP contribution in [-0.4, -0.2) is 23.0 Å². The second kappa shape index (κ2) is 7.41. The van der Waals surface area contributed by atoms with Crippen molar-refractivity contribution in [2.45, 2.75) is 45.1 Å². The molecule has 0 saturated heterocycles. The average Bonchev–Trinajstić information content (AvgIpc) is 2.94. The number of rotatable bonds is 5. The number of nitrogens with one attached hydrogen (secondary N) is 1. The van der Waals surface area contributed by atoms with Crippen LogP contribution in [-0.2, 0) is 4.79 Å². The van der Waals surface area contributed by atoms with Gasteiger partial charge in [-0.15, -0.1) is 11.3 Å². The molecule has 0 aromatic carbocycles. The van der Waals surface area contributed by atoms with Gasteiger partial charge in [0.2, 0.25) is 0 Å². The Labute approximate surface area is 128 Å². The number of hydrogen-bond acceptors (Lipinski definition) is 3. The van der Waals surface area contributed by atoms with Gasteiger partial charge < -0.3 is 10.4 Å². The molecule has 1 saturated carbocycles. The Hall–Kier alpha value is -1.62. The summed E-state index contributed by atoms with van der Waals surface area (Å²) in [4.78, 5) is 24.2. The Morgan fingerprint density at radius 1 is 1.38 bits per heavy atom. The maximum absolute atomic E-state index is 12.3. The fraction of sp³-hybridized carbons (Fsp3) is 0.500. The summed E-state index contributed by atoms with van der Waals surface area (Å²) in [5.74, 6) is -0.447. The third-order valence-corrected chi connectivity index (χ3v) is 5.04. The molecule has 0 radical (unpaired) electrons. The first-order valence-electron chi connectivity index (χ1n) is 7.42. The monoisotopic (exact) mass is 307 g/mol. The molecule has 1 aromatic heterocycles. The molecule has 1 aromatic rings. The van der Waals surface area contributed by atoms with Crippen molar-refractivity contribution >= 4 is 29.3 Å². The van der Waals surface area contributed by atoms with Crippen molar-refractivity contribution in [1.29, 1.82) is 0 Å². The van der Waals surface area contributed by atoms with Crippen molar-refractivity contribution in [2.75, 3.05) is 0 Å². The molecule has 2 rings (SSSR count). The molecule has 1 aliphatic rings. The minimum atomic E-state index is -0.984. The van der Waals surface area contributed by atoms with Gasteiger partial charge in [-0.05, 0) is 37.0 Å². The summed E-state index contributed by atoms with van der Waals surface area (Å²) in [6, 6.07) is 3.80. The van der Waals surface area contributed by atoms with Crippen LogP contribution < -0.4 is 5.32 Å².